The summed E-state index contributed by atoms with van der Waals surface area (Å²) >= 11 is 0. The van der Waals surface area contributed by atoms with Gasteiger partial charge in [0.05, 0.1) is 17.8 Å². The number of morpholine rings is 1. The number of hydrogen-bond acceptors (Lipinski definition) is 4. The minimum absolute atomic E-state index is 0.0964. The van der Waals surface area contributed by atoms with Gasteiger partial charge in [-0.2, -0.15) is 0 Å². The van der Waals surface area contributed by atoms with Crippen molar-refractivity contribution in [1.29, 1.82) is 0 Å². The van der Waals surface area contributed by atoms with Crippen LogP contribution in [0.2, 0.25) is 0 Å². The number of carbonyl (C=O) groups is 1. The van der Waals surface area contributed by atoms with Crippen molar-refractivity contribution < 1.29 is 9.53 Å². The summed E-state index contributed by atoms with van der Waals surface area (Å²) in [5.74, 6) is -0.0964. The molecule has 2 atom stereocenters. The fourth-order valence-electron chi connectivity index (χ4n) is 3.42. The van der Waals surface area contributed by atoms with Crippen LogP contribution in [0.3, 0.4) is 0 Å². The first-order valence-electron chi connectivity index (χ1n) is 9.16. The van der Waals surface area contributed by atoms with Crippen LogP contribution in [-0.2, 0) is 17.8 Å². The highest BCUT2D eigenvalue weighted by Gasteiger charge is 2.22. The maximum Gasteiger partial charge on any atom is 0.253 e. The highest BCUT2D eigenvalue weighted by Crippen LogP contribution is 2.17. The van der Waals surface area contributed by atoms with E-state index in [4.69, 9.17) is 4.74 Å². The summed E-state index contributed by atoms with van der Waals surface area (Å²) in [6.45, 7) is 9.38. The molecule has 1 aromatic heterocycles. The lowest BCUT2D eigenvalue weighted by atomic mass is 10.1. The Balaban J connectivity index is 1.63. The lowest BCUT2D eigenvalue weighted by Gasteiger charge is -2.35. The van der Waals surface area contributed by atoms with Crippen LogP contribution in [0.1, 0.15) is 41.0 Å². The van der Waals surface area contributed by atoms with Crippen LogP contribution >= 0.6 is 0 Å². The molecule has 1 aliphatic heterocycles. The van der Waals surface area contributed by atoms with E-state index in [1.165, 1.54) is 5.56 Å². The molecule has 1 amide bonds. The molecule has 5 nitrogen and oxygen atoms in total. The van der Waals surface area contributed by atoms with Crippen molar-refractivity contribution in [1.82, 2.24) is 15.2 Å². The first-order valence-corrected chi connectivity index (χ1v) is 9.16. The topological polar surface area (TPSA) is 54.5 Å². The standard InChI is InChI=1S/C21H27N3O2/c1-15-8-9-19(11-22-15)21(25)23-10-18-6-4-5-7-20(18)14-24-12-16(2)26-17(3)13-24/h4-9,11,16-17H,10,12-14H2,1-3H3,(H,23,25)/t16-,17+. The number of aromatic nitrogens is 1. The van der Waals surface area contributed by atoms with E-state index in [0.717, 1.165) is 30.9 Å². The predicted molar refractivity (Wildman–Crippen MR) is 102 cm³/mol. The number of benzene rings is 1. The molecule has 0 unspecified atom stereocenters. The number of pyridine rings is 1. The highest BCUT2D eigenvalue weighted by atomic mass is 16.5. The van der Waals surface area contributed by atoms with Gasteiger partial charge in [0.25, 0.3) is 5.91 Å². The summed E-state index contributed by atoms with van der Waals surface area (Å²) in [6, 6.07) is 11.9. The van der Waals surface area contributed by atoms with Gasteiger partial charge < -0.3 is 10.1 Å². The molecule has 0 radical (unpaired) electrons. The second-order valence-electron chi connectivity index (χ2n) is 7.09. The van der Waals surface area contributed by atoms with Gasteiger partial charge in [0.15, 0.2) is 0 Å². The van der Waals surface area contributed by atoms with Gasteiger partial charge in [0, 0.05) is 38.1 Å². The minimum atomic E-state index is -0.0964. The van der Waals surface area contributed by atoms with E-state index >= 15 is 0 Å². The average Bonchev–Trinajstić information content (AvgIpc) is 2.60. The zero-order valence-electron chi connectivity index (χ0n) is 15.7. The number of nitrogens with zero attached hydrogens (tertiary/aromatic N) is 2. The largest absolute Gasteiger partial charge is 0.373 e. The van der Waals surface area contributed by atoms with E-state index in [1.807, 2.05) is 19.1 Å². The molecule has 1 fully saturated rings. The fraction of sp³-hybridized carbons (Fsp3) is 0.429. The summed E-state index contributed by atoms with van der Waals surface area (Å²) in [4.78, 5) is 18.9. The van der Waals surface area contributed by atoms with E-state index in [9.17, 15) is 4.79 Å². The molecule has 2 heterocycles. The number of carbonyl (C=O) groups excluding carboxylic acids is 1. The Morgan fingerprint density at radius 2 is 1.85 bits per heavy atom. The highest BCUT2D eigenvalue weighted by molar-refractivity contribution is 5.93. The van der Waals surface area contributed by atoms with Crippen molar-refractivity contribution in [3.05, 3.63) is 65.0 Å². The van der Waals surface area contributed by atoms with Crippen LogP contribution in [0.15, 0.2) is 42.6 Å². The Labute approximate surface area is 155 Å². The van der Waals surface area contributed by atoms with Crippen LogP contribution in [0.4, 0.5) is 0 Å². The Morgan fingerprint density at radius 3 is 2.50 bits per heavy atom. The molecule has 0 saturated carbocycles. The molecule has 0 bridgehead atoms. The zero-order chi connectivity index (χ0) is 18.5. The molecule has 5 heteroatoms. The molecule has 1 saturated heterocycles. The van der Waals surface area contributed by atoms with Gasteiger partial charge in [0.1, 0.15) is 0 Å². The lowest BCUT2D eigenvalue weighted by molar-refractivity contribution is -0.0705. The molecule has 2 aromatic rings. The summed E-state index contributed by atoms with van der Waals surface area (Å²) in [5, 5.41) is 3.01. The van der Waals surface area contributed by atoms with Gasteiger partial charge in [-0.25, -0.2) is 0 Å². The number of amides is 1. The van der Waals surface area contributed by atoms with Crippen LogP contribution < -0.4 is 5.32 Å². The Bertz CT molecular complexity index is 735. The Hall–Kier alpha value is -2.24. The van der Waals surface area contributed by atoms with E-state index in [0.29, 0.717) is 12.1 Å². The molecule has 138 valence electrons. The summed E-state index contributed by atoms with van der Waals surface area (Å²) in [5.41, 5.74) is 3.88. The molecule has 0 spiro atoms. The molecule has 26 heavy (non-hydrogen) atoms. The van der Waals surface area contributed by atoms with Crippen molar-refractivity contribution in [3.63, 3.8) is 0 Å². The third-order valence-corrected chi connectivity index (χ3v) is 4.62. The van der Waals surface area contributed by atoms with Crippen LogP contribution in [0.5, 0.6) is 0 Å². The van der Waals surface area contributed by atoms with E-state index in [-0.39, 0.29) is 18.1 Å². The van der Waals surface area contributed by atoms with Crippen LogP contribution in [-0.4, -0.2) is 41.1 Å². The molecule has 1 aliphatic rings. The van der Waals surface area contributed by atoms with Crippen LogP contribution in [0.25, 0.3) is 0 Å². The van der Waals surface area contributed by atoms with Gasteiger partial charge in [-0.05, 0) is 44.0 Å². The Kier molecular flexibility index (Phi) is 6.01. The fourth-order valence-corrected chi connectivity index (χ4v) is 3.42. The molecular formula is C21H27N3O2. The SMILES string of the molecule is Cc1ccc(C(=O)NCc2ccccc2CN2C[C@@H](C)O[C@@H](C)C2)cn1. The second-order valence-corrected chi connectivity index (χ2v) is 7.09. The van der Waals surface area contributed by atoms with Gasteiger partial charge in [-0.1, -0.05) is 24.3 Å². The number of aryl methyl sites for hydroxylation is 1. The summed E-state index contributed by atoms with van der Waals surface area (Å²) in [6.07, 6.45) is 2.12. The summed E-state index contributed by atoms with van der Waals surface area (Å²) < 4.78 is 5.82. The average molecular weight is 353 g/mol. The number of hydrogen-bond donors (Lipinski definition) is 1. The van der Waals surface area contributed by atoms with Crippen molar-refractivity contribution in [2.24, 2.45) is 0 Å². The van der Waals surface area contributed by atoms with Gasteiger partial charge in [-0.15, -0.1) is 0 Å². The van der Waals surface area contributed by atoms with Gasteiger partial charge in [-0.3, -0.25) is 14.7 Å². The molecular weight excluding hydrogens is 326 g/mol. The first-order chi connectivity index (χ1) is 12.5. The summed E-state index contributed by atoms with van der Waals surface area (Å²) in [7, 11) is 0. The van der Waals surface area contributed by atoms with Gasteiger partial charge >= 0.3 is 0 Å². The first kappa shape index (κ1) is 18.5. The van der Waals surface area contributed by atoms with Crippen molar-refractivity contribution in [2.75, 3.05) is 13.1 Å². The van der Waals surface area contributed by atoms with E-state index < -0.39 is 0 Å². The van der Waals surface area contributed by atoms with Crippen LogP contribution in [0, 0.1) is 6.92 Å². The smallest absolute Gasteiger partial charge is 0.253 e. The minimum Gasteiger partial charge on any atom is -0.373 e. The monoisotopic (exact) mass is 353 g/mol. The van der Waals surface area contributed by atoms with Gasteiger partial charge in [0.2, 0.25) is 0 Å². The number of nitrogens with one attached hydrogen (secondary N) is 1. The van der Waals surface area contributed by atoms with Crippen molar-refractivity contribution in [2.45, 2.75) is 46.1 Å². The predicted octanol–water partition coefficient (Wildman–Crippen LogP) is 2.93. The van der Waals surface area contributed by atoms with E-state index in [2.05, 4.69) is 47.2 Å². The molecule has 1 N–H and O–H groups in total. The molecule has 3 rings (SSSR count). The quantitative estimate of drug-likeness (QED) is 0.898. The zero-order valence-corrected chi connectivity index (χ0v) is 15.7. The number of rotatable bonds is 5. The van der Waals surface area contributed by atoms with E-state index in [1.54, 1.807) is 12.3 Å². The lowest BCUT2D eigenvalue weighted by Crippen LogP contribution is -2.45. The second kappa shape index (κ2) is 8.43. The third kappa shape index (κ3) is 4.90. The Morgan fingerprint density at radius 1 is 1.15 bits per heavy atom. The number of ether oxygens (including phenoxy) is 1. The maximum absolute atomic E-state index is 12.3. The normalized spacial score (nSPS) is 20.7. The molecule has 1 aromatic carbocycles. The maximum atomic E-state index is 12.3. The van der Waals surface area contributed by atoms with Crippen molar-refractivity contribution in [3.8, 4) is 0 Å². The third-order valence-electron chi connectivity index (χ3n) is 4.62. The molecule has 0 aliphatic carbocycles. The van der Waals surface area contributed by atoms with Crippen molar-refractivity contribution >= 4 is 5.91 Å².